The molecule has 0 aliphatic heterocycles. The highest BCUT2D eigenvalue weighted by atomic mass is 31.2. The quantitative estimate of drug-likeness (QED) is 0.635. The molecule has 4 fully saturated rings. The monoisotopic (exact) mass is 386 g/mol. The molecule has 3 N–H and O–H groups in total. The van der Waals surface area contributed by atoms with Gasteiger partial charge in [-0.05, 0) is 98.2 Å². The van der Waals surface area contributed by atoms with Gasteiger partial charge in [0.2, 0.25) is 0 Å². The van der Waals surface area contributed by atoms with Crippen molar-refractivity contribution in [1.29, 1.82) is 0 Å². The van der Waals surface area contributed by atoms with Crippen LogP contribution in [0.15, 0.2) is 0 Å². The Bertz CT molecular complexity index is 591. The number of phosphoric ester groups is 1. The molecule has 4 aliphatic rings. The minimum Gasteiger partial charge on any atom is -0.396 e. The van der Waals surface area contributed by atoms with Crippen LogP contribution < -0.4 is 0 Å². The summed E-state index contributed by atoms with van der Waals surface area (Å²) in [5, 5.41) is 9.85. The lowest BCUT2D eigenvalue weighted by Crippen LogP contribution is -2.54. The topological polar surface area (TPSA) is 87.0 Å². The van der Waals surface area contributed by atoms with Crippen LogP contribution in [0.25, 0.3) is 0 Å². The summed E-state index contributed by atoms with van der Waals surface area (Å²) in [6.45, 7) is 5.22. The molecule has 0 bridgehead atoms. The summed E-state index contributed by atoms with van der Waals surface area (Å²) in [5.41, 5.74) is 0.607. The fourth-order valence-electron chi connectivity index (χ4n) is 7.92. The van der Waals surface area contributed by atoms with Crippen molar-refractivity contribution in [2.45, 2.75) is 77.7 Å². The van der Waals surface area contributed by atoms with E-state index >= 15 is 0 Å². The maximum atomic E-state index is 11.2. The number of hydrogen-bond donors (Lipinski definition) is 3. The summed E-state index contributed by atoms with van der Waals surface area (Å²) in [7, 11) is -4.39. The second-order valence-corrected chi connectivity index (χ2v) is 11.3. The molecule has 0 spiro atoms. The number of fused-ring (bicyclic) bond motifs is 5. The van der Waals surface area contributed by atoms with Gasteiger partial charge >= 0.3 is 7.82 Å². The smallest absolute Gasteiger partial charge is 0.396 e. The molecular weight excluding hydrogens is 351 g/mol. The van der Waals surface area contributed by atoms with E-state index in [1.165, 1.54) is 32.1 Å². The molecular formula is C20H35O5P. The first-order valence-electron chi connectivity index (χ1n) is 10.5. The normalized spacial score (nSPS) is 51.4. The highest BCUT2D eigenvalue weighted by Crippen LogP contribution is 2.67. The van der Waals surface area contributed by atoms with Gasteiger partial charge in [-0.3, -0.25) is 4.52 Å². The van der Waals surface area contributed by atoms with E-state index < -0.39 is 7.82 Å². The van der Waals surface area contributed by atoms with Crippen molar-refractivity contribution in [3.8, 4) is 0 Å². The molecule has 4 aliphatic carbocycles. The molecule has 0 amide bonds. The average Bonchev–Trinajstić information content (AvgIpc) is 2.90. The zero-order valence-electron chi connectivity index (χ0n) is 16.1. The molecule has 150 valence electrons. The van der Waals surface area contributed by atoms with Gasteiger partial charge in [0.25, 0.3) is 0 Å². The lowest BCUT2D eigenvalue weighted by atomic mass is 9.44. The van der Waals surface area contributed by atoms with Crippen molar-refractivity contribution in [3.63, 3.8) is 0 Å². The van der Waals surface area contributed by atoms with Crippen LogP contribution in [0.4, 0.5) is 0 Å². The minimum absolute atomic E-state index is 0.287. The van der Waals surface area contributed by atoms with E-state index in [-0.39, 0.29) is 11.5 Å². The van der Waals surface area contributed by atoms with Gasteiger partial charge in [-0.2, -0.15) is 0 Å². The number of hydrogen-bond acceptors (Lipinski definition) is 3. The van der Waals surface area contributed by atoms with Crippen LogP contribution in [-0.4, -0.2) is 27.6 Å². The van der Waals surface area contributed by atoms with Gasteiger partial charge in [-0.1, -0.05) is 13.8 Å². The molecule has 1 unspecified atom stereocenters. The van der Waals surface area contributed by atoms with Crippen LogP contribution in [0.5, 0.6) is 0 Å². The number of aliphatic hydroxyl groups excluding tert-OH is 1. The van der Waals surface area contributed by atoms with Gasteiger partial charge in [-0.15, -0.1) is 0 Å². The van der Waals surface area contributed by atoms with E-state index in [4.69, 9.17) is 14.3 Å². The van der Waals surface area contributed by atoms with E-state index in [1.54, 1.807) is 0 Å². The number of aliphatic hydroxyl groups is 1. The van der Waals surface area contributed by atoms with Gasteiger partial charge in [0.15, 0.2) is 0 Å². The summed E-state index contributed by atoms with van der Waals surface area (Å²) in [4.78, 5) is 18.3. The fourth-order valence-corrected chi connectivity index (χ4v) is 8.50. The predicted octanol–water partition coefficient (Wildman–Crippen LogP) is 4.12. The first-order chi connectivity index (χ1) is 12.2. The Morgan fingerprint density at radius 2 is 1.65 bits per heavy atom. The Hall–Kier alpha value is 0.0700. The lowest BCUT2D eigenvalue weighted by molar-refractivity contribution is -0.127. The number of phosphoric acid groups is 1. The van der Waals surface area contributed by atoms with Crippen molar-refractivity contribution < 1.29 is 24.0 Å². The molecule has 8 atom stereocenters. The van der Waals surface area contributed by atoms with Crippen LogP contribution in [0.3, 0.4) is 0 Å². The third-order valence-electron chi connectivity index (χ3n) is 9.32. The highest BCUT2D eigenvalue weighted by molar-refractivity contribution is 7.46. The van der Waals surface area contributed by atoms with Gasteiger partial charge < -0.3 is 14.9 Å². The molecule has 0 aromatic rings. The summed E-state index contributed by atoms with van der Waals surface area (Å²) in [5.74, 6) is 3.25. The third-order valence-corrected chi connectivity index (χ3v) is 9.89. The second-order valence-electron chi connectivity index (χ2n) is 10.2. The standard InChI is InChI=1S/C20H35O5P/c1-19-9-7-15(25-26(22,23)24)11-13(19)3-5-16-17-6-4-14(12-21)20(17,2)10-8-18(16)19/h13-18,21H,3-12H2,1-2H3,(H2,22,23,24)/t13-,14+,15?,16-,17-,18-,19-,20+/m0/s1. The van der Waals surface area contributed by atoms with Crippen molar-refractivity contribution in [3.05, 3.63) is 0 Å². The van der Waals surface area contributed by atoms with Crippen LogP contribution in [0.1, 0.15) is 71.6 Å². The summed E-state index contributed by atoms with van der Waals surface area (Å²) in [6.07, 6.45) is 9.64. The Balaban J connectivity index is 1.51. The molecule has 6 heteroatoms. The zero-order valence-corrected chi connectivity index (χ0v) is 17.0. The van der Waals surface area contributed by atoms with Crippen molar-refractivity contribution in [2.24, 2.45) is 40.4 Å². The summed E-state index contributed by atoms with van der Waals surface area (Å²) < 4.78 is 16.3. The molecule has 5 nitrogen and oxygen atoms in total. The van der Waals surface area contributed by atoms with Crippen molar-refractivity contribution in [2.75, 3.05) is 6.61 Å². The first-order valence-corrected chi connectivity index (χ1v) is 12.1. The Kier molecular flexibility index (Phi) is 4.89. The van der Waals surface area contributed by atoms with Crippen molar-refractivity contribution in [1.82, 2.24) is 0 Å². The maximum absolute atomic E-state index is 11.2. The van der Waals surface area contributed by atoms with E-state index in [9.17, 15) is 9.67 Å². The van der Waals surface area contributed by atoms with Crippen LogP contribution >= 0.6 is 7.82 Å². The Morgan fingerprint density at radius 3 is 2.35 bits per heavy atom. The summed E-state index contributed by atoms with van der Waals surface area (Å²) >= 11 is 0. The van der Waals surface area contributed by atoms with Gasteiger partial charge in [0.05, 0.1) is 6.10 Å². The Labute approximate surface area is 157 Å². The van der Waals surface area contributed by atoms with Crippen molar-refractivity contribution >= 4 is 7.82 Å². The minimum atomic E-state index is -4.39. The largest absolute Gasteiger partial charge is 0.469 e. The molecule has 4 rings (SSSR count). The van der Waals surface area contributed by atoms with E-state index in [2.05, 4.69) is 13.8 Å². The molecule has 4 saturated carbocycles. The van der Waals surface area contributed by atoms with Crippen LogP contribution in [0, 0.1) is 40.4 Å². The van der Waals surface area contributed by atoms with E-state index in [0.717, 1.165) is 43.4 Å². The third kappa shape index (κ3) is 3.03. The molecule has 0 saturated heterocycles. The zero-order chi connectivity index (χ0) is 18.7. The number of rotatable bonds is 3. The predicted molar refractivity (Wildman–Crippen MR) is 99.2 cm³/mol. The molecule has 0 aromatic heterocycles. The molecule has 0 radical (unpaired) electrons. The lowest BCUT2D eigenvalue weighted by Gasteiger charge is -2.61. The average molecular weight is 386 g/mol. The molecule has 0 heterocycles. The van der Waals surface area contributed by atoms with Gasteiger partial charge in [0.1, 0.15) is 0 Å². The Morgan fingerprint density at radius 1 is 0.962 bits per heavy atom. The SMILES string of the molecule is C[C@]12CCC(OP(=O)(O)O)C[C@@H]1CC[C@@H]1[C@@H]2CC[C@]2(C)[C@@H](CO)CC[C@@H]12. The van der Waals surface area contributed by atoms with Gasteiger partial charge in [-0.25, -0.2) is 4.57 Å². The fraction of sp³-hybridized carbons (Fsp3) is 1.00. The summed E-state index contributed by atoms with van der Waals surface area (Å²) in [6, 6.07) is 0. The highest BCUT2D eigenvalue weighted by Gasteiger charge is 2.60. The molecule has 0 aromatic carbocycles. The van der Waals surface area contributed by atoms with E-state index in [0.29, 0.717) is 23.9 Å². The van der Waals surface area contributed by atoms with Crippen LogP contribution in [-0.2, 0) is 9.09 Å². The first kappa shape index (κ1) is 19.4. The second kappa shape index (κ2) is 6.56. The molecule has 26 heavy (non-hydrogen) atoms. The maximum Gasteiger partial charge on any atom is 0.469 e. The van der Waals surface area contributed by atoms with Gasteiger partial charge in [0, 0.05) is 6.61 Å². The van der Waals surface area contributed by atoms with E-state index in [1.807, 2.05) is 0 Å². The van der Waals surface area contributed by atoms with Crippen LogP contribution in [0.2, 0.25) is 0 Å².